The Kier molecular flexibility index (Phi) is 6.31. The molecule has 1 heterocycles. The molecule has 7 heteroatoms. The summed E-state index contributed by atoms with van der Waals surface area (Å²) in [6, 6.07) is 5.83. The minimum Gasteiger partial charge on any atom is -0.483 e. The number of carbonyl (C=O) groups is 2. The van der Waals surface area contributed by atoms with E-state index in [1.54, 1.807) is 12.3 Å². The first-order valence-electron chi connectivity index (χ1n) is 7.58. The van der Waals surface area contributed by atoms with E-state index in [4.69, 9.17) is 9.47 Å². The van der Waals surface area contributed by atoms with E-state index in [9.17, 15) is 9.59 Å². The molecule has 0 unspecified atom stereocenters. The van der Waals surface area contributed by atoms with Crippen LogP contribution in [0.1, 0.15) is 23.7 Å². The molecule has 1 amide bonds. The molecule has 0 spiro atoms. The molecule has 0 aliphatic carbocycles. The molecule has 24 heavy (non-hydrogen) atoms. The molecule has 128 valence electrons. The van der Waals surface area contributed by atoms with Crippen molar-refractivity contribution in [3.8, 4) is 5.75 Å². The maximum Gasteiger partial charge on any atom is 0.311 e. The molecule has 0 aliphatic heterocycles. The van der Waals surface area contributed by atoms with E-state index >= 15 is 0 Å². The standard InChI is InChI=1S/C17H20N2O4S/c1-4-22-16(21)8-13-10-24-17(18-13)19-15(20)9-23-14-7-11(2)5-6-12(14)3/h5-7,10H,4,8-9H2,1-3H3,(H,18,19,20). The number of esters is 1. The predicted octanol–water partition coefficient (Wildman–Crippen LogP) is 2.88. The second-order valence-corrected chi connectivity index (χ2v) is 6.09. The fourth-order valence-corrected chi connectivity index (χ4v) is 2.69. The molecule has 0 aliphatic rings. The maximum atomic E-state index is 12.0. The quantitative estimate of drug-likeness (QED) is 0.779. The Hall–Kier alpha value is -2.41. The van der Waals surface area contributed by atoms with Gasteiger partial charge in [-0.1, -0.05) is 12.1 Å². The zero-order valence-electron chi connectivity index (χ0n) is 13.9. The number of hydrogen-bond donors (Lipinski definition) is 1. The molecule has 0 fully saturated rings. The topological polar surface area (TPSA) is 77.5 Å². The number of nitrogens with zero attached hydrogens (tertiary/aromatic N) is 1. The highest BCUT2D eigenvalue weighted by molar-refractivity contribution is 7.13. The van der Waals surface area contributed by atoms with Crippen molar-refractivity contribution in [3.63, 3.8) is 0 Å². The average Bonchev–Trinajstić information content (AvgIpc) is 2.95. The van der Waals surface area contributed by atoms with Crippen molar-refractivity contribution in [2.45, 2.75) is 27.2 Å². The van der Waals surface area contributed by atoms with Gasteiger partial charge in [-0.25, -0.2) is 4.98 Å². The third kappa shape index (κ3) is 5.34. The molecular weight excluding hydrogens is 328 g/mol. The summed E-state index contributed by atoms with van der Waals surface area (Å²) < 4.78 is 10.4. The van der Waals surface area contributed by atoms with Crippen molar-refractivity contribution in [2.24, 2.45) is 0 Å². The van der Waals surface area contributed by atoms with E-state index in [1.807, 2.05) is 32.0 Å². The van der Waals surface area contributed by atoms with Crippen LogP contribution < -0.4 is 10.1 Å². The minimum absolute atomic E-state index is 0.0964. The van der Waals surface area contributed by atoms with Gasteiger partial charge in [0.05, 0.1) is 18.7 Å². The van der Waals surface area contributed by atoms with Gasteiger partial charge in [0.1, 0.15) is 5.75 Å². The number of carbonyl (C=O) groups excluding carboxylic acids is 2. The number of anilines is 1. The summed E-state index contributed by atoms with van der Waals surface area (Å²) in [7, 11) is 0. The van der Waals surface area contributed by atoms with Crippen molar-refractivity contribution >= 4 is 28.3 Å². The molecule has 0 radical (unpaired) electrons. The molecule has 1 aromatic heterocycles. The predicted molar refractivity (Wildman–Crippen MR) is 92.5 cm³/mol. The molecule has 6 nitrogen and oxygen atoms in total. The van der Waals surface area contributed by atoms with Crippen LogP contribution in [-0.2, 0) is 20.7 Å². The number of rotatable bonds is 7. The van der Waals surface area contributed by atoms with Crippen LogP contribution in [0.2, 0.25) is 0 Å². The van der Waals surface area contributed by atoms with Crippen molar-refractivity contribution in [1.29, 1.82) is 0 Å². The van der Waals surface area contributed by atoms with E-state index in [2.05, 4.69) is 10.3 Å². The van der Waals surface area contributed by atoms with Crippen molar-refractivity contribution in [3.05, 3.63) is 40.4 Å². The van der Waals surface area contributed by atoms with Crippen LogP contribution in [0.5, 0.6) is 5.75 Å². The second kappa shape index (κ2) is 8.44. The smallest absolute Gasteiger partial charge is 0.311 e. The molecule has 0 atom stereocenters. The lowest BCUT2D eigenvalue weighted by molar-refractivity contribution is -0.142. The lowest BCUT2D eigenvalue weighted by Crippen LogP contribution is -2.20. The van der Waals surface area contributed by atoms with Crippen molar-refractivity contribution in [1.82, 2.24) is 4.98 Å². The molecule has 1 N–H and O–H groups in total. The van der Waals surface area contributed by atoms with Crippen LogP contribution in [-0.4, -0.2) is 30.1 Å². The largest absolute Gasteiger partial charge is 0.483 e. The Morgan fingerprint density at radius 3 is 2.83 bits per heavy atom. The number of nitrogens with one attached hydrogen (secondary N) is 1. The lowest BCUT2D eigenvalue weighted by Gasteiger charge is -2.09. The molecule has 0 saturated heterocycles. The van der Waals surface area contributed by atoms with Crippen LogP contribution in [0.25, 0.3) is 0 Å². The van der Waals surface area contributed by atoms with Gasteiger partial charge in [0, 0.05) is 5.38 Å². The summed E-state index contributed by atoms with van der Waals surface area (Å²) in [6.07, 6.45) is 0.0964. The van der Waals surface area contributed by atoms with Gasteiger partial charge in [-0.15, -0.1) is 11.3 Å². The van der Waals surface area contributed by atoms with Crippen molar-refractivity contribution in [2.75, 3.05) is 18.5 Å². The summed E-state index contributed by atoms with van der Waals surface area (Å²) in [6.45, 7) is 5.88. The van der Waals surface area contributed by atoms with Gasteiger partial charge in [0.25, 0.3) is 5.91 Å². The van der Waals surface area contributed by atoms with Gasteiger partial charge in [-0.05, 0) is 38.0 Å². The summed E-state index contributed by atoms with van der Waals surface area (Å²) in [5.74, 6) is 0.0548. The van der Waals surface area contributed by atoms with Crippen LogP contribution in [0.4, 0.5) is 5.13 Å². The van der Waals surface area contributed by atoms with Gasteiger partial charge in [0.2, 0.25) is 0 Å². The lowest BCUT2D eigenvalue weighted by atomic mass is 10.1. The highest BCUT2D eigenvalue weighted by Gasteiger charge is 2.11. The molecule has 2 aromatic rings. The highest BCUT2D eigenvalue weighted by atomic mass is 32.1. The number of thiazole rings is 1. The minimum atomic E-state index is -0.334. The summed E-state index contributed by atoms with van der Waals surface area (Å²) in [5, 5.41) is 4.82. The fourth-order valence-electron chi connectivity index (χ4n) is 1.97. The van der Waals surface area contributed by atoms with Crippen LogP contribution in [0.15, 0.2) is 23.6 Å². The number of aryl methyl sites for hydroxylation is 2. The molecular formula is C17H20N2O4S. The summed E-state index contributed by atoms with van der Waals surface area (Å²) in [4.78, 5) is 27.5. The SMILES string of the molecule is CCOC(=O)Cc1csc(NC(=O)COc2cc(C)ccc2C)n1. The molecule has 1 aromatic carbocycles. The maximum absolute atomic E-state index is 12.0. The zero-order valence-corrected chi connectivity index (χ0v) is 14.7. The first-order valence-corrected chi connectivity index (χ1v) is 8.46. The number of ether oxygens (including phenoxy) is 2. The van der Waals surface area contributed by atoms with E-state index in [0.29, 0.717) is 23.2 Å². The van der Waals surface area contributed by atoms with Gasteiger partial charge < -0.3 is 9.47 Å². The normalized spacial score (nSPS) is 10.3. The highest BCUT2D eigenvalue weighted by Crippen LogP contribution is 2.19. The Morgan fingerprint density at radius 1 is 1.29 bits per heavy atom. The van der Waals surface area contributed by atoms with Gasteiger partial charge in [-0.3, -0.25) is 14.9 Å². The zero-order chi connectivity index (χ0) is 17.5. The number of amides is 1. The van der Waals surface area contributed by atoms with Gasteiger partial charge in [-0.2, -0.15) is 0 Å². The second-order valence-electron chi connectivity index (χ2n) is 5.23. The fraction of sp³-hybridized carbons (Fsp3) is 0.353. The first-order chi connectivity index (χ1) is 11.5. The van der Waals surface area contributed by atoms with E-state index in [-0.39, 0.29) is 24.9 Å². The van der Waals surface area contributed by atoms with Crippen LogP contribution >= 0.6 is 11.3 Å². The summed E-state index contributed by atoms with van der Waals surface area (Å²) >= 11 is 1.26. The molecule has 0 saturated carbocycles. The van der Waals surface area contributed by atoms with Gasteiger partial charge in [0.15, 0.2) is 11.7 Å². The summed E-state index contributed by atoms with van der Waals surface area (Å²) in [5.41, 5.74) is 2.61. The number of aromatic nitrogens is 1. The third-order valence-corrected chi connectivity index (χ3v) is 3.94. The Morgan fingerprint density at radius 2 is 2.08 bits per heavy atom. The van der Waals surface area contributed by atoms with Gasteiger partial charge >= 0.3 is 5.97 Å². The van der Waals surface area contributed by atoms with Crippen LogP contribution in [0, 0.1) is 13.8 Å². The average molecular weight is 348 g/mol. The van der Waals surface area contributed by atoms with E-state index < -0.39 is 0 Å². The van der Waals surface area contributed by atoms with Crippen LogP contribution in [0.3, 0.4) is 0 Å². The Bertz CT molecular complexity index is 727. The van der Waals surface area contributed by atoms with E-state index in [0.717, 1.165) is 11.1 Å². The molecule has 2 rings (SSSR count). The van der Waals surface area contributed by atoms with Crippen molar-refractivity contribution < 1.29 is 19.1 Å². The van der Waals surface area contributed by atoms with E-state index in [1.165, 1.54) is 11.3 Å². The Balaban J connectivity index is 1.85. The Labute approximate surface area is 144 Å². The third-order valence-electron chi connectivity index (χ3n) is 3.13. The number of hydrogen-bond acceptors (Lipinski definition) is 6. The first kappa shape index (κ1) is 17.9. The molecule has 0 bridgehead atoms. The number of benzene rings is 1. The monoisotopic (exact) mass is 348 g/mol.